The van der Waals surface area contributed by atoms with Gasteiger partial charge in [0.05, 0.1) is 23.8 Å². The van der Waals surface area contributed by atoms with Crippen LogP contribution in [0.15, 0.2) is 39.9 Å². The maximum atomic E-state index is 11.5. The Morgan fingerprint density at radius 2 is 1.78 bits per heavy atom. The SMILES string of the molecule is CCOC(=O)/C(N=Nc1cc(C(=O)[O-])cc(C(=O)O)c1)=C(\C)[O-]. The van der Waals surface area contributed by atoms with Crippen molar-refractivity contribution in [2.24, 2.45) is 10.2 Å². The van der Waals surface area contributed by atoms with Crippen molar-refractivity contribution in [1.82, 2.24) is 0 Å². The van der Waals surface area contributed by atoms with Gasteiger partial charge >= 0.3 is 11.9 Å². The van der Waals surface area contributed by atoms with Gasteiger partial charge in [-0.25, -0.2) is 9.59 Å². The van der Waals surface area contributed by atoms with Gasteiger partial charge in [-0.15, -0.1) is 5.11 Å². The van der Waals surface area contributed by atoms with Crippen molar-refractivity contribution in [2.45, 2.75) is 13.8 Å². The van der Waals surface area contributed by atoms with Crippen LogP contribution in [-0.4, -0.2) is 29.6 Å². The number of azo groups is 1. The summed E-state index contributed by atoms with van der Waals surface area (Å²) in [5.74, 6) is -4.68. The number of allylic oxidation sites excluding steroid dienone is 1. The third-order valence-electron chi connectivity index (χ3n) is 2.47. The number of aromatic carboxylic acids is 2. The minimum atomic E-state index is -1.61. The second-order valence-corrected chi connectivity index (χ2v) is 4.19. The van der Waals surface area contributed by atoms with E-state index < -0.39 is 34.9 Å². The summed E-state index contributed by atoms with van der Waals surface area (Å²) in [6, 6.07) is 2.91. The van der Waals surface area contributed by atoms with E-state index in [0.717, 1.165) is 25.1 Å². The average molecular weight is 320 g/mol. The molecule has 0 saturated heterocycles. The third kappa shape index (κ3) is 4.92. The van der Waals surface area contributed by atoms with Crippen molar-refractivity contribution >= 4 is 23.6 Å². The first-order chi connectivity index (χ1) is 10.8. The molecule has 1 N–H and O–H groups in total. The van der Waals surface area contributed by atoms with Gasteiger partial charge in [0.15, 0.2) is 5.70 Å². The largest absolute Gasteiger partial charge is 0.874 e. The quantitative estimate of drug-likeness (QED) is 0.335. The summed E-state index contributed by atoms with van der Waals surface area (Å²) in [6.07, 6.45) is 0. The molecule has 0 amide bonds. The summed E-state index contributed by atoms with van der Waals surface area (Å²) in [4.78, 5) is 33.3. The molecular weight excluding hydrogens is 308 g/mol. The topological polar surface area (TPSA) is 152 Å². The van der Waals surface area contributed by atoms with E-state index >= 15 is 0 Å². The van der Waals surface area contributed by atoms with Crippen LogP contribution in [0.25, 0.3) is 0 Å². The van der Waals surface area contributed by atoms with Crippen LogP contribution in [0, 0.1) is 0 Å². The highest BCUT2D eigenvalue weighted by Gasteiger charge is 2.11. The second-order valence-electron chi connectivity index (χ2n) is 4.19. The van der Waals surface area contributed by atoms with Gasteiger partial charge in [-0.05, 0) is 25.1 Å². The number of hydrogen-bond acceptors (Lipinski definition) is 8. The summed E-state index contributed by atoms with van der Waals surface area (Å²) in [6.45, 7) is 2.63. The fourth-order valence-electron chi connectivity index (χ4n) is 1.47. The molecule has 0 aliphatic carbocycles. The van der Waals surface area contributed by atoms with Crippen molar-refractivity contribution in [2.75, 3.05) is 6.61 Å². The first-order valence-electron chi connectivity index (χ1n) is 6.32. The van der Waals surface area contributed by atoms with E-state index in [4.69, 9.17) is 5.11 Å². The average Bonchev–Trinajstić information content (AvgIpc) is 2.46. The number of hydrogen-bond donors (Lipinski definition) is 1. The Hall–Kier alpha value is -3.23. The molecule has 0 unspecified atom stereocenters. The Balaban J connectivity index is 3.25. The number of ether oxygens (including phenoxy) is 1. The summed E-state index contributed by atoms with van der Waals surface area (Å²) in [7, 11) is 0. The number of esters is 1. The highest BCUT2D eigenvalue weighted by Crippen LogP contribution is 2.20. The molecule has 0 atom stereocenters. The van der Waals surface area contributed by atoms with Crippen LogP contribution in [0.4, 0.5) is 5.69 Å². The zero-order valence-electron chi connectivity index (χ0n) is 12.2. The van der Waals surface area contributed by atoms with E-state index in [2.05, 4.69) is 15.0 Å². The first kappa shape index (κ1) is 17.8. The zero-order chi connectivity index (χ0) is 17.6. The number of carbonyl (C=O) groups excluding carboxylic acids is 2. The smallest absolute Gasteiger partial charge is 0.357 e. The highest BCUT2D eigenvalue weighted by atomic mass is 16.5. The van der Waals surface area contributed by atoms with Crippen molar-refractivity contribution in [3.8, 4) is 0 Å². The van der Waals surface area contributed by atoms with Crippen LogP contribution in [0.5, 0.6) is 0 Å². The maximum absolute atomic E-state index is 11.5. The fraction of sp³-hybridized carbons (Fsp3) is 0.214. The molecule has 9 heteroatoms. The van der Waals surface area contributed by atoms with E-state index in [1.165, 1.54) is 6.92 Å². The molecule has 0 spiro atoms. The number of benzene rings is 1. The predicted molar refractivity (Wildman–Crippen MR) is 71.6 cm³/mol. The molecule has 0 aromatic heterocycles. The van der Waals surface area contributed by atoms with E-state index in [9.17, 15) is 24.6 Å². The molecule has 1 rings (SSSR count). The van der Waals surface area contributed by atoms with Gasteiger partial charge in [-0.3, -0.25) is 0 Å². The minimum absolute atomic E-state index is 0.0223. The van der Waals surface area contributed by atoms with Gasteiger partial charge < -0.3 is 24.9 Å². The number of carboxylic acid groups (broad SMARTS) is 2. The van der Waals surface area contributed by atoms with E-state index in [1.54, 1.807) is 0 Å². The molecule has 122 valence electrons. The Morgan fingerprint density at radius 3 is 2.26 bits per heavy atom. The van der Waals surface area contributed by atoms with Gasteiger partial charge in [0, 0.05) is 5.56 Å². The molecule has 0 fully saturated rings. The first-order valence-corrected chi connectivity index (χ1v) is 6.32. The lowest BCUT2D eigenvalue weighted by molar-refractivity contribution is -0.303. The van der Waals surface area contributed by atoms with Crippen molar-refractivity contribution in [1.29, 1.82) is 0 Å². The number of carbonyl (C=O) groups is 3. The lowest BCUT2D eigenvalue weighted by Crippen LogP contribution is -2.22. The molecule has 0 heterocycles. The van der Waals surface area contributed by atoms with E-state index in [1.807, 2.05) is 0 Å². The van der Waals surface area contributed by atoms with Gasteiger partial charge in [0.1, 0.15) is 0 Å². The molecular formula is C14H12N2O7-2. The number of carboxylic acids is 2. The Morgan fingerprint density at radius 1 is 1.17 bits per heavy atom. The van der Waals surface area contributed by atoms with Crippen molar-refractivity contribution in [3.63, 3.8) is 0 Å². The summed E-state index contributed by atoms with van der Waals surface area (Å²) >= 11 is 0. The summed E-state index contributed by atoms with van der Waals surface area (Å²) in [5.41, 5.74) is -1.56. The molecule has 0 aliphatic rings. The lowest BCUT2D eigenvalue weighted by atomic mass is 10.1. The van der Waals surface area contributed by atoms with Gasteiger partial charge in [0.25, 0.3) is 0 Å². The van der Waals surface area contributed by atoms with Gasteiger partial charge in [0.2, 0.25) is 0 Å². The highest BCUT2D eigenvalue weighted by molar-refractivity contribution is 5.94. The standard InChI is InChI=1S/C14H14N2O7/c1-3-23-14(22)11(7(2)17)16-15-10-5-8(12(18)19)4-9(6-10)13(20)21/h4-6,17H,3H2,1-2H3,(H,18,19)(H,20,21)/p-2/b11-7-,16-15?. The maximum Gasteiger partial charge on any atom is 0.357 e. The van der Waals surface area contributed by atoms with Gasteiger partial charge in [-0.2, -0.15) is 5.11 Å². The van der Waals surface area contributed by atoms with Gasteiger partial charge in [-0.1, -0.05) is 12.7 Å². The molecule has 23 heavy (non-hydrogen) atoms. The van der Waals surface area contributed by atoms with Crippen LogP contribution in [0.2, 0.25) is 0 Å². The molecule has 0 aliphatic heterocycles. The molecule has 0 radical (unpaired) electrons. The Labute approximate surface area is 130 Å². The fourth-order valence-corrected chi connectivity index (χ4v) is 1.47. The van der Waals surface area contributed by atoms with Crippen molar-refractivity contribution in [3.05, 3.63) is 40.8 Å². The molecule has 1 aromatic carbocycles. The summed E-state index contributed by atoms with van der Waals surface area (Å²) < 4.78 is 4.63. The molecule has 0 bridgehead atoms. The zero-order valence-corrected chi connectivity index (χ0v) is 12.2. The Kier molecular flexibility index (Phi) is 5.95. The number of nitrogens with zero attached hydrogens (tertiary/aromatic N) is 2. The second kappa shape index (κ2) is 7.69. The van der Waals surface area contributed by atoms with Crippen LogP contribution in [-0.2, 0) is 9.53 Å². The summed E-state index contributed by atoms with van der Waals surface area (Å²) in [5, 5.41) is 38.1. The normalized spacial score (nSPS) is 11.9. The van der Waals surface area contributed by atoms with E-state index in [0.29, 0.717) is 0 Å². The molecule has 0 saturated carbocycles. The van der Waals surface area contributed by atoms with Crippen LogP contribution >= 0.6 is 0 Å². The third-order valence-corrected chi connectivity index (χ3v) is 2.47. The van der Waals surface area contributed by atoms with Crippen LogP contribution < -0.4 is 10.2 Å². The molecule has 1 aromatic rings. The lowest BCUT2D eigenvalue weighted by Gasteiger charge is -2.09. The Bertz CT molecular complexity index is 671. The monoisotopic (exact) mass is 320 g/mol. The predicted octanol–water partition coefficient (Wildman–Crippen LogP) is -0.0131. The van der Waals surface area contributed by atoms with Crippen LogP contribution in [0.3, 0.4) is 0 Å². The van der Waals surface area contributed by atoms with E-state index in [-0.39, 0.29) is 17.9 Å². The number of rotatable bonds is 6. The van der Waals surface area contributed by atoms with Crippen LogP contribution in [0.1, 0.15) is 34.6 Å². The minimum Gasteiger partial charge on any atom is -0.874 e. The van der Waals surface area contributed by atoms with Crippen molar-refractivity contribution < 1.29 is 34.4 Å². The molecule has 9 nitrogen and oxygen atoms in total.